The van der Waals surface area contributed by atoms with Crippen LogP contribution in [0.25, 0.3) is 10.9 Å². The molecule has 0 unspecified atom stereocenters. The van der Waals surface area contributed by atoms with Crippen LogP contribution in [0, 0.1) is 0 Å². The van der Waals surface area contributed by atoms with Crippen molar-refractivity contribution in [1.82, 2.24) is 9.47 Å². The van der Waals surface area contributed by atoms with Crippen LogP contribution in [0.3, 0.4) is 0 Å². The zero-order valence-electron chi connectivity index (χ0n) is 12.8. The number of azo groups is 1. The topological polar surface area (TPSA) is 70.2 Å². The molecule has 0 bridgehead atoms. The number of amides is 1. The molecule has 0 atom stereocenters. The van der Waals surface area contributed by atoms with Gasteiger partial charge in [-0.3, -0.25) is 14.3 Å². The van der Waals surface area contributed by atoms with Gasteiger partial charge >= 0.3 is 5.91 Å². The zero-order chi connectivity index (χ0) is 16.4. The fourth-order valence-corrected chi connectivity index (χ4v) is 2.94. The largest absolute Gasteiger partial charge is 0.493 e. The average molecular weight is 328 g/mol. The quantitative estimate of drug-likeness (QED) is 0.740. The van der Waals surface area contributed by atoms with Crippen molar-refractivity contribution >= 4 is 33.8 Å². The van der Waals surface area contributed by atoms with Gasteiger partial charge in [0.2, 0.25) is 5.88 Å². The Bertz CT molecular complexity index is 866. The van der Waals surface area contributed by atoms with Crippen LogP contribution in [0.2, 0.25) is 0 Å². The van der Waals surface area contributed by atoms with E-state index in [0.717, 1.165) is 10.9 Å². The van der Waals surface area contributed by atoms with E-state index in [1.165, 1.54) is 11.3 Å². The summed E-state index contributed by atoms with van der Waals surface area (Å²) in [6.45, 7) is 0.501. The second-order valence-corrected chi connectivity index (χ2v) is 6.27. The summed E-state index contributed by atoms with van der Waals surface area (Å²) in [5, 5.41) is 20.8. The van der Waals surface area contributed by atoms with E-state index in [0.29, 0.717) is 17.2 Å². The predicted octanol–water partition coefficient (Wildman–Crippen LogP) is 3.85. The molecule has 23 heavy (non-hydrogen) atoms. The lowest BCUT2D eigenvalue weighted by Gasteiger charge is -2.12. The van der Waals surface area contributed by atoms with Crippen LogP contribution in [0.5, 0.6) is 5.88 Å². The maximum absolute atomic E-state index is 12.0. The SMILES string of the molecule is CN(C)Cn1c(O)c(N=NC(=O)c2cccs2)c2ccccc21. The highest BCUT2D eigenvalue weighted by molar-refractivity contribution is 7.12. The number of fused-ring (bicyclic) bond motifs is 1. The standard InChI is InChI=1S/C16H16N4O2S/c1-19(2)10-20-12-7-4-3-6-11(12)14(16(20)22)17-18-15(21)13-8-5-9-23-13/h3-9,22H,10H2,1-2H3. The molecule has 0 aliphatic carbocycles. The van der Waals surface area contributed by atoms with Crippen molar-refractivity contribution in [2.45, 2.75) is 6.67 Å². The van der Waals surface area contributed by atoms with E-state index >= 15 is 0 Å². The van der Waals surface area contributed by atoms with Crippen LogP contribution in [0.15, 0.2) is 52.0 Å². The molecule has 3 aromatic rings. The Morgan fingerprint density at radius 3 is 2.74 bits per heavy atom. The molecular formula is C16H16N4O2S. The molecule has 2 aromatic heterocycles. The van der Waals surface area contributed by atoms with Crippen LogP contribution >= 0.6 is 11.3 Å². The number of hydrogen-bond donors (Lipinski definition) is 1. The molecule has 0 aliphatic heterocycles. The fourth-order valence-electron chi connectivity index (χ4n) is 2.34. The summed E-state index contributed by atoms with van der Waals surface area (Å²) in [5.74, 6) is -0.411. The van der Waals surface area contributed by atoms with Gasteiger partial charge in [0.15, 0.2) is 5.69 Å². The Morgan fingerprint density at radius 2 is 2.04 bits per heavy atom. The normalized spacial score (nSPS) is 11.8. The lowest BCUT2D eigenvalue weighted by molar-refractivity contribution is 0.0999. The summed E-state index contributed by atoms with van der Waals surface area (Å²) in [4.78, 5) is 14.4. The highest BCUT2D eigenvalue weighted by atomic mass is 32.1. The van der Waals surface area contributed by atoms with Crippen LogP contribution in [-0.4, -0.2) is 34.6 Å². The van der Waals surface area contributed by atoms with E-state index in [9.17, 15) is 9.90 Å². The lowest BCUT2D eigenvalue weighted by atomic mass is 10.2. The molecule has 0 aliphatic rings. The van der Waals surface area contributed by atoms with Crippen LogP contribution in [0.4, 0.5) is 5.69 Å². The monoisotopic (exact) mass is 328 g/mol. The minimum Gasteiger partial charge on any atom is -0.493 e. The van der Waals surface area contributed by atoms with E-state index in [1.807, 2.05) is 48.6 Å². The first-order valence-corrected chi connectivity index (χ1v) is 7.90. The van der Waals surface area contributed by atoms with Crippen LogP contribution in [0.1, 0.15) is 9.67 Å². The molecule has 0 fully saturated rings. The maximum atomic E-state index is 12.0. The predicted molar refractivity (Wildman–Crippen MR) is 90.5 cm³/mol. The number of aromatic hydroxyl groups is 1. The van der Waals surface area contributed by atoms with Gasteiger partial charge in [0.25, 0.3) is 0 Å². The van der Waals surface area contributed by atoms with E-state index in [4.69, 9.17) is 0 Å². The van der Waals surface area contributed by atoms with E-state index in [2.05, 4.69) is 10.2 Å². The summed E-state index contributed by atoms with van der Waals surface area (Å²) >= 11 is 1.31. The second-order valence-electron chi connectivity index (χ2n) is 5.32. The van der Waals surface area contributed by atoms with E-state index in [1.54, 1.807) is 16.7 Å². The molecule has 1 N–H and O–H groups in total. The molecule has 118 valence electrons. The fraction of sp³-hybridized carbons (Fsp3) is 0.188. The van der Waals surface area contributed by atoms with Crippen LogP contribution in [-0.2, 0) is 6.67 Å². The number of carbonyl (C=O) groups is 1. The highest BCUT2D eigenvalue weighted by Gasteiger charge is 2.17. The number of thiophene rings is 1. The molecular weight excluding hydrogens is 312 g/mol. The molecule has 0 saturated heterocycles. The molecule has 1 aromatic carbocycles. The van der Waals surface area contributed by atoms with Crippen molar-refractivity contribution < 1.29 is 9.90 Å². The van der Waals surface area contributed by atoms with Crippen molar-refractivity contribution in [3.63, 3.8) is 0 Å². The van der Waals surface area contributed by atoms with Crippen LogP contribution < -0.4 is 0 Å². The number of para-hydroxylation sites is 1. The van der Waals surface area contributed by atoms with Gasteiger partial charge < -0.3 is 5.11 Å². The van der Waals surface area contributed by atoms with Gasteiger partial charge in [0.1, 0.15) is 0 Å². The minimum atomic E-state index is -0.413. The summed E-state index contributed by atoms with van der Waals surface area (Å²) < 4.78 is 1.74. The molecule has 0 saturated carbocycles. The first-order chi connectivity index (χ1) is 11.1. The maximum Gasteiger partial charge on any atom is 0.305 e. The average Bonchev–Trinajstić information content (AvgIpc) is 3.14. The van der Waals surface area contributed by atoms with E-state index in [-0.39, 0.29) is 5.88 Å². The van der Waals surface area contributed by atoms with Gasteiger partial charge in [-0.05, 0) is 31.6 Å². The summed E-state index contributed by atoms with van der Waals surface area (Å²) in [7, 11) is 3.82. The Kier molecular flexibility index (Phi) is 4.22. The molecule has 0 spiro atoms. The van der Waals surface area contributed by atoms with E-state index < -0.39 is 5.91 Å². The van der Waals surface area contributed by atoms with Gasteiger partial charge in [-0.1, -0.05) is 24.3 Å². The molecule has 3 rings (SSSR count). The number of rotatable bonds is 4. The third-order valence-electron chi connectivity index (χ3n) is 3.31. The zero-order valence-corrected chi connectivity index (χ0v) is 13.6. The molecule has 7 heteroatoms. The van der Waals surface area contributed by atoms with Gasteiger partial charge in [-0.15, -0.1) is 21.6 Å². The van der Waals surface area contributed by atoms with Gasteiger partial charge in [-0.2, -0.15) is 0 Å². The third kappa shape index (κ3) is 3.01. The van der Waals surface area contributed by atoms with Crippen molar-refractivity contribution in [2.24, 2.45) is 10.2 Å². The summed E-state index contributed by atoms with van der Waals surface area (Å²) in [5.41, 5.74) is 1.16. The number of hydrogen-bond acceptors (Lipinski definition) is 5. The Hall–Kier alpha value is -2.51. The van der Waals surface area contributed by atoms with Gasteiger partial charge in [-0.25, -0.2) is 0 Å². The summed E-state index contributed by atoms with van der Waals surface area (Å²) in [6, 6.07) is 11.0. The number of benzene rings is 1. The second kappa shape index (κ2) is 6.31. The lowest BCUT2D eigenvalue weighted by Crippen LogP contribution is -2.16. The highest BCUT2D eigenvalue weighted by Crippen LogP contribution is 2.38. The Labute approximate surface area is 137 Å². The molecule has 6 nitrogen and oxygen atoms in total. The van der Waals surface area contributed by atoms with Crippen molar-refractivity contribution in [1.29, 1.82) is 0 Å². The minimum absolute atomic E-state index is 0.00243. The molecule has 1 amide bonds. The van der Waals surface area contributed by atoms with Gasteiger partial charge in [0, 0.05) is 5.39 Å². The first-order valence-electron chi connectivity index (χ1n) is 7.02. The number of aromatic nitrogens is 1. The Morgan fingerprint density at radius 1 is 1.26 bits per heavy atom. The van der Waals surface area contributed by atoms with Crippen molar-refractivity contribution in [2.75, 3.05) is 14.1 Å². The number of carbonyl (C=O) groups excluding carboxylic acids is 1. The molecule has 2 heterocycles. The number of nitrogens with zero attached hydrogens (tertiary/aromatic N) is 4. The first kappa shape index (κ1) is 15.4. The smallest absolute Gasteiger partial charge is 0.305 e. The van der Waals surface area contributed by atoms with Gasteiger partial charge in [0.05, 0.1) is 17.1 Å². The third-order valence-corrected chi connectivity index (χ3v) is 4.17. The van der Waals surface area contributed by atoms with Crippen molar-refractivity contribution in [3.8, 4) is 5.88 Å². The molecule has 0 radical (unpaired) electrons. The Balaban J connectivity index is 2.03. The summed E-state index contributed by atoms with van der Waals surface area (Å²) in [6.07, 6.45) is 0. The van der Waals surface area contributed by atoms with Crippen molar-refractivity contribution in [3.05, 3.63) is 46.7 Å².